The normalized spacial score (nSPS) is 11.8. The van der Waals surface area contributed by atoms with Gasteiger partial charge in [0.05, 0.1) is 11.1 Å². The van der Waals surface area contributed by atoms with Crippen LogP contribution < -0.4 is 10.5 Å². The highest BCUT2D eigenvalue weighted by molar-refractivity contribution is 7.89. The molecule has 1 aromatic carbocycles. The number of nitrogens with zero attached hydrogens (tertiary/aromatic N) is 2. The van der Waals surface area contributed by atoms with Crippen molar-refractivity contribution in [2.75, 3.05) is 12.3 Å². The Kier molecular flexibility index (Phi) is 4.34. The van der Waals surface area contributed by atoms with Gasteiger partial charge in [0.2, 0.25) is 10.0 Å². The summed E-state index contributed by atoms with van der Waals surface area (Å²) in [7, 11) is -1.71. The van der Waals surface area contributed by atoms with Crippen LogP contribution in [0.1, 0.15) is 16.7 Å². The molecule has 0 fully saturated rings. The molecule has 0 aliphatic carbocycles. The lowest BCUT2D eigenvalue weighted by Crippen LogP contribution is -2.27. The van der Waals surface area contributed by atoms with E-state index in [9.17, 15) is 8.42 Å². The van der Waals surface area contributed by atoms with Crippen molar-refractivity contribution in [1.29, 1.82) is 0 Å². The molecule has 0 amide bonds. The van der Waals surface area contributed by atoms with Crippen LogP contribution >= 0.6 is 0 Å². The number of nitrogen functional groups attached to an aromatic ring is 1. The summed E-state index contributed by atoms with van der Waals surface area (Å²) in [5.41, 5.74) is 8.59. The minimum absolute atomic E-state index is 0.308. The van der Waals surface area contributed by atoms with E-state index in [2.05, 4.69) is 9.82 Å². The van der Waals surface area contributed by atoms with Gasteiger partial charge in [-0.1, -0.05) is 0 Å². The lowest BCUT2D eigenvalue weighted by molar-refractivity contribution is 0.580. The van der Waals surface area contributed by atoms with E-state index >= 15 is 0 Å². The topological polar surface area (TPSA) is 90.0 Å². The molecule has 0 saturated carbocycles. The fourth-order valence-electron chi connectivity index (χ4n) is 2.41. The molecule has 0 aliphatic rings. The van der Waals surface area contributed by atoms with E-state index in [0.29, 0.717) is 34.7 Å². The second-order valence-electron chi connectivity index (χ2n) is 5.15. The Morgan fingerprint density at radius 3 is 2.43 bits per heavy atom. The predicted octanol–water partition coefficient (Wildman–Crippen LogP) is 1.14. The largest absolute Gasteiger partial charge is 0.399 e. The number of rotatable bonds is 5. The smallest absolute Gasteiger partial charge is 0.241 e. The first-order valence-corrected chi connectivity index (χ1v) is 8.12. The van der Waals surface area contributed by atoms with Crippen molar-refractivity contribution in [3.05, 3.63) is 41.2 Å². The summed E-state index contributed by atoms with van der Waals surface area (Å²) < 4.78 is 29.1. The number of hydrogen-bond acceptors (Lipinski definition) is 4. The summed E-state index contributed by atoms with van der Waals surface area (Å²) in [4.78, 5) is 0.308. The molecule has 6 nitrogen and oxygen atoms in total. The molecule has 0 unspecified atom stereocenters. The van der Waals surface area contributed by atoms with Crippen LogP contribution in [0.3, 0.4) is 0 Å². The summed E-state index contributed by atoms with van der Waals surface area (Å²) in [6, 6.07) is 3.34. The third-order valence-electron chi connectivity index (χ3n) is 3.22. The molecular formula is C14H20N4O2S. The molecule has 0 spiro atoms. The fourth-order valence-corrected chi connectivity index (χ4v) is 3.89. The Morgan fingerprint density at radius 2 is 1.90 bits per heavy atom. The average Bonchev–Trinajstić information content (AvgIpc) is 2.72. The quantitative estimate of drug-likeness (QED) is 0.811. The zero-order chi connectivity index (χ0) is 15.6. The number of aryl methyl sites for hydroxylation is 3. The van der Waals surface area contributed by atoms with Crippen molar-refractivity contribution in [2.45, 2.75) is 25.2 Å². The standard InChI is InChI=1S/C14H20N4O2S/c1-10-6-13(15)7-11(2)14(10)21(19,20)17-5-4-12-8-16-18(3)9-12/h6-9,17H,4-5,15H2,1-3H3. The number of aromatic nitrogens is 2. The summed E-state index contributed by atoms with van der Waals surface area (Å²) in [6.07, 6.45) is 4.20. The SMILES string of the molecule is Cc1cc(N)cc(C)c1S(=O)(=O)NCCc1cnn(C)c1. The van der Waals surface area contributed by atoms with Crippen molar-refractivity contribution in [3.63, 3.8) is 0 Å². The van der Waals surface area contributed by atoms with E-state index in [0.717, 1.165) is 5.56 Å². The second kappa shape index (κ2) is 5.87. The van der Waals surface area contributed by atoms with Gasteiger partial charge in [-0.05, 0) is 49.1 Å². The summed E-state index contributed by atoms with van der Waals surface area (Å²) in [6.45, 7) is 3.83. The van der Waals surface area contributed by atoms with E-state index in [1.165, 1.54) is 0 Å². The number of nitrogens with two attached hydrogens (primary N) is 1. The van der Waals surface area contributed by atoms with Crippen LogP contribution in [0.5, 0.6) is 0 Å². The molecule has 0 atom stereocenters. The molecule has 0 saturated heterocycles. The molecule has 0 aliphatic heterocycles. The second-order valence-corrected chi connectivity index (χ2v) is 6.86. The van der Waals surface area contributed by atoms with E-state index in [1.807, 2.05) is 13.2 Å². The molecule has 1 aromatic heterocycles. The number of hydrogen-bond donors (Lipinski definition) is 2. The predicted molar refractivity (Wildman–Crippen MR) is 82.4 cm³/mol. The molecule has 0 bridgehead atoms. The van der Waals surface area contributed by atoms with E-state index in [-0.39, 0.29) is 0 Å². The van der Waals surface area contributed by atoms with Gasteiger partial charge >= 0.3 is 0 Å². The van der Waals surface area contributed by atoms with E-state index in [1.54, 1.807) is 36.9 Å². The molecule has 2 aromatic rings. The Bertz CT molecular complexity index is 727. The number of sulfonamides is 1. The highest BCUT2D eigenvalue weighted by atomic mass is 32.2. The van der Waals surface area contributed by atoms with Crippen LogP contribution in [0.15, 0.2) is 29.4 Å². The third kappa shape index (κ3) is 3.62. The van der Waals surface area contributed by atoms with Gasteiger partial charge in [-0.15, -0.1) is 0 Å². The maximum atomic E-state index is 12.4. The fraction of sp³-hybridized carbons (Fsp3) is 0.357. The summed E-state index contributed by atoms with van der Waals surface area (Å²) in [5, 5.41) is 4.05. The van der Waals surface area contributed by atoms with Crippen LogP contribution in [-0.4, -0.2) is 24.7 Å². The Labute approximate surface area is 125 Å². The average molecular weight is 308 g/mol. The Hall–Kier alpha value is -1.86. The van der Waals surface area contributed by atoms with E-state index in [4.69, 9.17) is 5.73 Å². The van der Waals surface area contributed by atoms with Crippen molar-refractivity contribution in [2.24, 2.45) is 7.05 Å². The first-order valence-electron chi connectivity index (χ1n) is 6.63. The molecule has 0 radical (unpaired) electrons. The summed E-state index contributed by atoms with van der Waals surface area (Å²) >= 11 is 0. The van der Waals surface area contributed by atoms with Crippen molar-refractivity contribution in [3.8, 4) is 0 Å². The minimum Gasteiger partial charge on any atom is -0.399 e. The lowest BCUT2D eigenvalue weighted by atomic mass is 10.1. The monoisotopic (exact) mass is 308 g/mol. The number of benzene rings is 1. The maximum Gasteiger partial charge on any atom is 0.241 e. The minimum atomic E-state index is -3.53. The van der Waals surface area contributed by atoms with Gasteiger partial charge in [-0.25, -0.2) is 13.1 Å². The Balaban J connectivity index is 2.12. The van der Waals surface area contributed by atoms with Crippen molar-refractivity contribution >= 4 is 15.7 Å². The third-order valence-corrected chi connectivity index (χ3v) is 4.98. The zero-order valence-corrected chi connectivity index (χ0v) is 13.2. The highest BCUT2D eigenvalue weighted by Crippen LogP contribution is 2.22. The van der Waals surface area contributed by atoms with Gasteiger partial charge < -0.3 is 5.73 Å². The number of nitrogens with one attached hydrogen (secondary N) is 1. The first kappa shape index (κ1) is 15.5. The van der Waals surface area contributed by atoms with Crippen LogP contribution in [0.4, 0.5) is 5.69 Å². The molecule has 3 N–H and O–H groups in total. The van der Waals surface area contributed by atoms with Gasteiger partial charge in [0, 0.05) is 25.5 Å². The molecular weight excluding hydrogens is 288 g/mol. The van der Waals surface area contributed by atoms with Gasteiger partial charge in [0.15, 0.2) is 0 Å². The van der Waals surface area contributed by atoms with Gasteiger partial charge in [-0.2, -0.15) is 5.10 Å². The van der Waals surface area contributed by atoms with Crippen molar-refractivity contribution in [1.82, 2.24) is 14.5 Å². The molecule has 21 heavy (non-hydrogen) atoms. The van der Waals surface area contributed by atoms with Crippen LogP contribution in [0, 0.1) is 13.8 Å². The van der Waals surface area contributed by atoms with Gasteiger partial charge in [0.1, 0.15) is 0 Å². The van der Waals surface area contributed by atoms with Crippen molar-refractivity contribution < 1.29 is 8.42 Å². The highest BCUT2D eigenvalue weighted by Gasteiger charge is 2.19. The van der Waals surface area contributed by atoms with Crippen LogP contribution in [0.25, 0.3) is 0 Å². The first-order chi connectivity index (χ1) is 9.79. The molecule has 7 heteroatoms. The lowest BCUT2D eigenvalue weighted by Gasteiger charge is -2.12. The molecule has 1 heterocycles. The van der Waals surface area contributed by atoms with Gasteiger partial charge in [0.25, 0.3) is 0 Å². The Morgan fingerprint density at radius 1 is 1.29 bits per heavy atom. The van der Waals surface area contributed by atoms with Crippen LogP contribution in [0.2, 0.25) is 0 Å². The van der Waals surface area contributed by atoms with Gasteiger partial charge in [-0.3, -0.25) is 4.68 Å². The molecule has 2 rings (SSSR count). The van der Waals surface area contributed by atoms with E-state index < -0.39 is 10.0 Å². The van der Waals surface area contributed by atoms with Crippen LogP contribution in [-0.2, 0) is 23.5 Å². The summed E-state index contributed by atoms with van der Waals surface area (Å²) in [5.74, 6) is 0. The zero-order valence-electron chi connectivity index (χ0n) is 12.4. The number of anilines is 1. The maximum absolute atomic E-state index is 12.4. The molecule has 114 valence electrons.